The van der Waals surface area contributed by atoms with Crippen LogP contribution in [-0.2, 0) is 21.1 Å². The lowest BCUT2D eigenvalue weighted by atomic mass is 10.00. The molecule has 1 fully saturated rings. The Balaban J connectivity index is 1.51. The molecule has 2 aliphatic rings. The number of rotatable bonds is 3. The Morgan fingerprint density at radius 3 is 2.74 bits per heavy atom. The number of halogens is 1. The topological polar surface area (TPSA) is 54.5 Å². The molecule has 0 radical (unpaired) electrons. The highest BCUT2D eigenvalue weighted by Crippen LogP contribution is 2.34. The third-order valence-electron chi connectivity index (χ3n) is 5.45. The number of fused-ring (bicyclic) bond motifs is 1. The molecule has 2 aliphatic heterocycles. The third kappa shape index (κ3) is 3.90. The standard InChI is InChI=1S/C21H22FNO3S/c22-19-5-1-4-16(13-19)17-6-7-20-18(12-17)8-9-23(20)21(24)11-15-3-2-10-27(25,26)14-15/h1,4-7,12-13,15H,2-3,8-11,14H2/t15-/m0/s1. The fourth-order valence-corrected chi connectivity index (χ4v) is 5.92. The van der Waals surface area contributed by atoms with Gasteiger partial charge in [-0.2, -0.15) is 0 Å². The number of sulfone groups is 1. The minimum atomic E-state index is -3.00. The van der Waals surface area contributed by atoms with Gasteiger partial charge < -0.3 is 4.90 Å². The molecule has 2 heterocycles. The highest BCUT2D eigenvalue weighted by atomic mass is 32.2. The molecule has 2 aromatic rings. The maximum Gasteiger partial charge on any atom is 0.227 e. The van der Waals surface area contributed by atoms with Gasteiger partial charge in [-0.3, -0.25) is 4.79 Å². The second-order valence-corrected chi connectivity index (χ2v) is 9.70. The van der Waals surface area contributed by atoms with E-state index in [4.69, 9.17) is 0 Å². The molecule has 0 spiro atoms. The molecule has 0 N–H and O–H groups in total. The van der Waals surface area contributed by atoms with E-state index in [1.807, 2.05) is 24.3 Å². The van der Waals surface area contributed by atoms with E-state index in [9.17, 15) is 17.6 Å². The van der Waals surface area contributed by atoms with Gasteiger partial charge in [0.15, 0.2) is 9.84 Å². The second-order valence-electron chi connectivity index (χ2n) is 7.48. The van der Waals surface area contributed by atoms with Gasteiger partial charge >= 0.3 is 0 Å². The van der Waals surface area contributed by atoms with Crippen LogP contribution in [0.25, 0.3) is 11.1 Å². The van der Waals surface area contributed by atoms with Gasteiger partial charge in [0, 0.05) is 18.7 Å². The normalized spacial score (nSPS) is 21.1. The van der Waals surface area contributed by atoms with Crippen molar-refractivity contribution in [1.82, 2.24) is 0 Å². The summed E-state index contributed by atoms with van der Waals surface area (Å²) in [6.07, 6.45) is 2.48. The first kappa shape index (κ1) is 18.2. The molecule has 27 heavy (non-hydrogen) atoms. The summed E-state index contributed by atoms with van der Waals surface area (Å²) in [5.74, 6) is 0.0128. The number of hydrogen-bond donors (Lipinski definition) is 0. The average molecular weight is 387 g/mol. The number of carbonyl (C=O) groups is 1. The van der Waals surface area contributed by atoms with E-state index in [0.29, 0.717) is 13.0 Å². The van der Waals surface area contributed by atoms with Crippen LogP contribution in [0.1, 0.15) is 24.8 Å². The summed E-state index contributed by atoms with van der Waals surface area (Å²) in [5.41, 5.74) is 3.70. The lowest BCUT2D eigenvalue weighted by molar-refractivity contribution is -0.119. The Hall–Kier alpha value is -2.21. The summed E-state index contributed by atoms with van der Waals surface area (Å²) < 4.78 is 37.1. The molecule has 0 saturated carbocycles. The summed E-state index contributed by atoms with van der Waals surface area (Å²) in [7, 11) is -3.00. The number of benzene rings is 2. The Kier molecular flexibility index (Phi) is 4.76. The van der Waals surface area contributed by atoms with Gasteiger partial charge in [-0.25, -0.2) is 12.8 Å². The molecule has 0 aromatic heterocycles. The van der Waals surface area contributed by atoms with Gasteiger partial charge in [-0.1, -0.05) is 18.2 Å². The molecule has 4 rings (SSSR count). The Bertz CT molecular complexity index is 987. The summed E-state index contributed by atoms with van der Waals surface area (Å²) >= 11 is 0. The number of anilines is 1. The molecule has 0 aliphatic carbocycles. The van der Waals surface area contributed by atoms with Crippen molar-refractivity contribution in [3.8, 4) is 11.1 Å². The van der Waals surface area contributed by atoms with E-state index in [2.05, 4.69) is 0 Å². The maximum atomic E-state index is 13.5. The molecule has 6 heteroatoms. The molecule has 0 bridgehead atoms. The fourth-order valence-electron chi connectivity index (χ4n) is 4.14. The Morgan fingerprint density at radius 2 is 1.96 bits per heavy atom. The molecular formula is C21H22FNO3S. The Morgan fingerprint density at radius 1 is 1.15 bits per heavy atom. The smallest absolute Gasteiger partial charge is 0.227 e. The highest BCUT2D eigenvalue weighted by molar-refractivity contribution is 7.91. The molecule has 2 aromatic carbocycles. The molecule has 1 amide bonds. The second kappa shape index (κ2) is 7.08. The highest BCUT2D eigenvalue weighted by Gasteiger charge is 2.30. The van der Waals surface area contributed by atoms with Gasteiger partial charge in [0.25, 0.3) is 0 Å². The van der Waals surface area contributed by atoms with Gasteiger partial charge in [-0.05, 0) is 66.1 Å². The van der Waals surface area contributed by atoms with Gasteiger partial charge in [0.2, 0.25) is 5.91 Å². The zero-order chi connectivity index (χ0) is 19.0. The molecular weight excluding hydrogens is 365 g/mol. The van der Waals surface area contributed by atoms with Crippen molar-refractivity contribution >= 4 is 21.4 Å². The lowest BCUT2D eigenvalue weighted by Gasteiger charge is -2.24. The first-order chi connectivity index (χ1) is 12.9. The minimum Gasteiger partial charge on any atom is -0.312 e. The van der Waals surface area contributed by atoms with Crippen LogP contribution in [0.15, 0.2) is 42.5 Å². The SMILES string of the molecule is O=C(C[C@@H]1CCCS(=O)(=O)C1)N1CCc2cc(-c3cccc(F)c3)ccc21. The minimum absolute atomic E-state index is 0.00523. The van der Waals surface area contributed by atoms with Crippen molar-refractivity contribution in [1.29, 1.82) is 0 Å². The zero-order valence-electron chi connectivity index (χ0n) is 15.0. The predicted octanol–water partition coefficient (Wildman–Crippen LogP) is 3.60. The number of nitrogens with zero attached hydrogens (tertiary/aromatic N) is 1. The lowest BCUT2D eigenvalue weighted by Crippen LogP contribution is -2.34. The predicted molar refractivity (Wildman–Crippen MR) is 104 cm³/mol. The van der Waals surface area contributed by atoms with E-state index < -0.39 is 9.84 Å². The number of amides is 1. The summed E-state index contributed by atoms with van der Waals surface area (Å²) in [6, 6.07) is 12.3. The van der Waals surface area contributed by atoms with Crippen molar-refractivity contribution in [3.63, 3.8) is 0 Å². The number of hydrogen-bond acceptors (Lipinski definition) is 3. The maximum absolute atomic E-state index is 13.5. The number of carbonyl (C=O) groups excluding carboxylic acids is 1. The summed E-state index contributed by atoms with van der Waals surface area (Å²) in [5, 5.41) is 0. The van der Waals surface area contributed by atoms with Crippen LogP contribution in [0, 0.1) is 11.7 Å². The van der Waals surface area contributed by atoms with Crippen molar-refractivity contribution in [2.24, 2.45) is 5.92 Å². The van der Waals surface area contributed by atoms with Crippen LogP contribution in [0.2, 0.25) is 0 Å². The third-order valence-corrected chi connectivity index (χ3v) is 7.34. The van der Waals surface area contributed by atoms with Crippen molar-refractivity contribution < 1.29 is 17.6 Å². The fraction of sp³-hybridized carbons (Fsp3) is 0.381. The van der Waals surface area contributed by atoms with Gasteiger partial charge in [-0.15, -0.1) is 0 Å². The van der Waals surface area contributed by atoms with E-state index in [1.165, 1.54) is 12.1 Å². The molecule has 0 unspecified atom stereocenters. The van der Waals surface area contributed by atoms with Crippen LogP contribution < -0.4 is 4.90 Å². The average Bonchev–Trinajstić information content (AvgIpc) is 3.04. The van der Waals surface area contributed by atoms with Crippen LogP contribution in [0.4, 0.5) is 10.1 Å². The van der Waals surface area contributed by atoms with Crippen molar-refractivity contribution in [2.75, 3.05) is 23.0 Å². The molecule has 142 valence electrons. The van der Waals surface area contributed by atoms with Crippen LogP contribution in [0.3, 0.4) is 0 Å². The zero-order valence-corrected chi connectivity index (χ0v) is 15.8. The summed E-state index contributed by atoms with van der Waals surface area (Å²) in [4.78, 5) is 14.5. The van der Waals surface area contributed by atoms with E-state index >= 15 is 0 Å². The largest absolute Gasteiger partial charge is 0.312 e. The van der Waals surface area contributed by atoms with Gasteiger partial charge in [0.05, 0.1) is 11.5 Å². The molecule has 1 saturated heterocycles. The first-order valence-electron chi connectivity index (χ1n) is 9.31. The van der Waals surface area contributed by atoms with Crippen molar-refractivity contribution in [3.05, 3.63) is 53.8 Å². The van der Waals surface area contributed by atoms with Crippen LogP contribution in [0.5, 0.6) is 0 Å². The molecule has 1 atom stereocenters. The van der Waals surface area contributed by atoms with E-state index in [0.717, 1.165) is 35.2 Å². The monoisotopic (exact) mass is 387 g/mol. The van der Waals surface area contributed by atoms with Crippen LogP contribution in [-0.4, -0.2) is 32.4 Å². The van der Waals surface area contributed by atoms with Crippen LogP contribution >= 0.6 is 0 Å². The first-order valence-corrected chi connectivity index (χ1v) is 11.1. The van der Waals surface area contributed by atoms with Crippen molar-refractivity contribution in [2.45, 2.75) is 25.7 Å². The van der Waals surface area contributed by atoms with Gasteiger partial charge in [0.1, 0.15) is 5.82 Å². The van der Waals surface area contributed by atoms with E-state index in [-0.39, 0.29) is 35.6 Å². The Labute approximate surface area is 158 Å². The van der Waals surface area contributed by atoms with E-state index in [1.54, 1.807) is 11.0 Å². The quantitative estimate of drug-likeness (QED) is 0.809. The summed E-state index contributed by atoms with van der Waals surface area (Å²) in [6.45, 7) is 0.611. The molecule has 4 nitrogen and oxygen atoms in total.